The first kappa shape index (κ1) is 19.8. The highest BCUT2D eigenvalue weighted by atomic mass is 19.1. The summed E-state index contributed by atoms with van der Waals surface area (Å²) < 4.78 is 21.2. The van der Waals surface area contributed by atoms with Crippen LogP contribution in [-0.2, 0) is 11.8 Å². The van der Waals surface area contributed by atoms with Crippen molar-refractivity contribution in [2.45, 2.75) is 24.9 Å². The van der Waals surface area contributed by atoms with E-state index in [1.165, 1.54) is 6.33 Å². The van der Waals surface area contributed by atoms with E-state index in [1.54, 1.807) is 17.9 Å². The van der Waals surface area contributed by atoms with Gasteiger partial charge in [-0.25, -0.2) is 14.4 Å². The van der Waals surface area contributed by atoms with Gasteiger partial charge in [0.25, 0.3) is 0 Å². The first-order valence-corrected chi connectivity index (χ1v) is 10.8. The van der Waals surface area contributed by atoms with Gasteiger partial charge in [0.05, 0.1) is 29.4 Å². The zero-order valence-corrected chi connectivity index (χ0v) is 18.3. The Hall–Kier alpha value is -3.81. The fourth-order valence-corrected chi connectivity index (χ4v) is 5.20. The third-order valence-corrected chi connectivity index (χ3v) is 6.78. The first-order chi connectivity index (χ1) is 15.9. The third-order valence-electron chi connectivity index (χ3n) is 6.78. The Morgan fingerprint density at radius 2 is 1.88 bits per heavy atom. The standard InChI is InChI=1S/C25H22FN5O2/c1-31-10-17(21(30-31)15-6-4-3-5-7-15)22-16-8-19(20(33-2)9-18(16)27-14-28-22)29-23(32)24-11-25(26,12-24)13-24/h3-10,14H,11-13H2,1-2H3,(H,29,32). The summed E-state index contributed by atoms with van der Waals surface area (Å²) in [6.07, 6.45) is 4.33. The number of benzene rings is 2. The van der Waals surface area contributed by atoms with Gasteiger partial charge in [0.2, 0.25) is 5.91 Å². The van der Waals surface area contributed by atoms with E-state index >= 15 is 0 Å². The smallest absolute Gasteiger partial charge is 0.231 e. The fourth-order valence-electron chi connectivity index (χ4n) is 5.20. The number of nitrogens with zero attached hydrogens (tertiary/aromatic N) is 4. The number of amides is 1. The Bertz CT molecular complexity index is 1400. The van der Waals surface area contributed by atoms with Gasteiger partial charge in [-0.3, -0.25) is 9.48 Å². The Morgan fingerprint density at radius 3 is 2.58 bits per heavy atom. The van der Waals surface area contributed by atoms with E-state index in [1.807, 2.05) is 49.6 Å². The van der Waals surface area contributed by atoms with Crippen molar-refractivity contribution in [2.75, 3.05) is 12.4 Å². The molecule has 0 aliphatic heterocycles. The second-order valence-electron chi connectivity index (χ2n) is 9.14. The minimum absolute atomic E-state index is 0.163. The van der Waals surface area contributed by atoms with Crippen molar-refractivity contribution in [2.24, 2.45) is 12.5 Å². The van der Waals surface area contributed by atoms with Crippen LogP contribution < -0.4 is 10.1 Å². The van der Waals surface area contributed by atoms with Gasteiger partial charge in [-0.2, -0.15) is 5.10 Å². The van der Waals surface area contributed by atoms with Crippen LogP contribution in [-0.4, -0.2) is 38.4 Å². The van der Waals surface area contributed by atoms with Crippen molar-refractivity contribution < 1.29 is 13.9 Å². The lowest BCUT2D eigenvalue weighted by Crippen LogP contribution is -2.68. The number of anilines is 1. The number of nitrogens with one attached hydrogen (secondary N) is 1. The van der Waals surface area contributed by atoms with Crippen LogP contribution >= 0.6 is 0 Å². The number of aromatic nitrogens is 4. The number of alkyl halides is 1. The minimum atomic E-state index is -1.14. The molecule has 3 aliphatic rings. The van der Waals surface area contributed by atoms with E-state index in [-0.39, 0.29) is 5.91 Å². The molecule has 3 fully saturated rings. The Labute approximate surface area is 189 Å². The molecule has 3 aliphatic carbocycles. The van der Waals surface area contributed by atoms with Gasteiger partial charge in [-0.05, 0) is 25.3 Å². The predicted octanol–water partition coefficient (Wildman–Crippen LogP) is 4.54. The summed E-state index contributed by atoms with van der Waals surface area (Å²) in [5, 5.41) is 8.39. The topological polar surface area (TPSA) is 81.9 Å². The number of hydrogen-bond donors (Lipinski definition) is 1. The lowest BCUT2D eigenvalue weighted by Gasteiger charge is -2.64. The van der Waals surface area contributed by atoms with Gasteiger partial charge < -0.3 is 10.1 Å². The van der Waals surface area contributed by atoms with Crippen molar-refractivity contribution in [3.8, 4) is 28.3 Å². The van der Waals surface area contributed by atoms with Crippen LogP contribution in [0.2, 0.25) is 0 Å². The van der Waals surface area contributed by atoms with Crippen molar-refractivity contribution in [1.82, 2.24) is 19.7 Å². The molecule has 1 amide bonds. The molecule has 0 spiro atoms. The van der Waals surface area contributed by atoms with Gasteiger partial charge in [-0.15, -0.1) is 0 Å². The lowest BCUT2D eigenvalue weighted by atomic mass is 9.42. The van der Waals surface area contributed by atoms with E-state index < -0.39 is 11.1 Å². The highest BCUT2D eigenvalue weighted by molar-refractivity contribution is 6.04. The number of carbonyl (C=O) groups is 1. The van der Waals surface area contributed by atoms with Crippen LogP contribution in [0.15, 0.2) is 55.0 Å². The van der Waals surface area contributed by atoms with Crippen LogP contribution in [0.4, 0.5) is 10.1 Å². The van der Waals surface area contributed by atoms with Gasteiger partial charge in [0.1, 0.15) is 23.4 Å². The number of hydrogen-bond acceptors (Lipinski definition) is 5. The van der Waals surface area contributed by atoms with Gasteiger partial charge in [-0.1, -0.05) is 30.3 Å². The molecule has 0 atom stereocenters. The Kier molecular flexibility index (Phi) is 4.11. The van der Waals surface area contributed by atoms with E-state index in [0.29, 0.717) is 41.9 Å². The molecule has 33 heavy (non-hydrogen) atoms. The molecule has 3 saturated carbocycles. The normalized spacial score (nSPS) is 23.0. The number of halogens is 1. The lowest BCUT2D eigenvalue weighted by molar-refractivity contribution is -0.209. The molecule has 7 rings (SSSR count). The largest absolute Gasteiger partial charge is 0.494 e. The number of rotatable bonds is 5. The van der Waals surface area contributed by atoms with Crippen LogP contribution in [0.1, 0.15) is 19.3 Å². The maximum absolute atomic E-state index is 14.0. The zero-order valence-electron chi connectivity index (χ0n) is 18.3. The van der Waals surface area contributed by atoms with E-state index in [4.69, 9.17) is 4.74 Å². The van der Waals surface area contributed by atoms with Gasteiger partial charge in [0.15, 0.2) is 0 Å². The molecular formula is C25H22FN5O2. The maximum Gasteiger partial charge on any atom is 0.231 e. The van der Waals surface area contributed by atoms with Crippen molar-refractivity contribution in [3.05, 3.63) is 55.0 Å². The average molecular weight is 443 g/mol. The summed E-state index contributed by atoms with van der Waals surface area (Å²) in [6.45, 7) is 0. The van der Waals surface area contributed by atoms with Crippen molar-refractivity contribution in [1.29, 1.82) is 0 Å². The van der Waals surface area contributed by atoms with Crippen molar-refractivity contribution >= 4 is 22.5 Å². The molecular weight excluding hydrogens is 421 g/mol. The second kappa shape index (κ2) is 6.84. The summed E-state index contributed by atoms with van der Waals surface area (Å²) in [6, 6.07) is 13.5. The average Bonchev–Trinajstić information content (AvgIpc) is 3.17. The SMILES string of the molecule is COc1cc2ncnc(-c3cn(C)nc3-c3ccccc3)c2cc1NC(=O)C12CC(F)(C1)C2. The van der Waals surface area contributed by atoms with Gasteiger partial charge >= 0.3 is 0 Å². The molecule has 7 nitrogen and oxygen atoms in total. The summed E-state index contributed by atoms with van der Waals surface area (Å²) >= 11 is 0. The molecule has 166 valence electrons. The summed E-state index contributed by atoms with van der Waals surface area (Å²) in [7, 11) is 3.42. The van der Waals surface area contributed by atoms with Crippen LogP contribution in [0.25, 0.3) is 33.4 Å². The Balaban J connectivity index is 1.46. The molecule has 4 aromatic rings. The van der Waals surface area contributed by atoms with E-state index in [2.05, 4.69) is 20.4 Å². The summed E-state index contributed by atoms with van der Waals surface area (Å²) in [4.78, 5) is 21.9. The van der Waals surface area contributed by atoms with E-state index in [0.717, 1.165) is 22.2 Å². The molecule has 2 heterocycles. The van der Waals surface area contributed by atoms with Crippen LogP contribution in [0, 0.1) is 5.41 Å². The number of aryl methyl sites for hydroxylation is 1. The first-order valence-electron chi connectivity index (χ1n) is 10.8. The minimum Gasteiger partial charge on any atom is -0.494 e. The molecule has 2 aromatic heterocycles. The fraction of sp³-hybridized carbons (Fsp3) is 0.280. The molecule has 8 heteroatoms. The zero-order chi connectivity index (χ0) is 22.8. The quantitative estimate of drug-likeness (QED) is 0.490. The second-order valence-corrected chi connectivity index (χ2v) is 9.14. The van der Waals surface area contributed by atoms with Crippen LogP contribution in [0.5, 0.6) is 5.75 Å². The molecule has 2 bridgehead atoms. The molecule has 0 unspecified atom stereocenters. The van der Waals surface area contributed by atoms with Crippen molar-refractivity contribution in [3.63, 3.8) is 0 Å². The number of carbonyl (C=O) groups excluding carboxylic acids is 1. The molecule has 0 saturated heterocycles. The highest BCUT2D eigenvalue weighted by Gasteiger charge is 2.72. The number of fused-ring (bicyclic) bond motifs is 1. The monoisotopic (exact) mass is 443 g/mol. The van der Waals surface area contributed by atoms with E-state index in [9.17, 15) is 9.18 Å². The highest BCUT2D eigenvalue weighted by Crippen LogP contribution is 2.69. The maximum atomic E-state index is 14.0. The van der Waals surface area contributed by atoms with Crippen LogP contribution in [0.3, 0.4) is 0 Å². The number of methoxy groups -OCH3 is 1. The molecule has 2 aromatic carbocycles. The third kappa shape index (κ3) is 3.01. The summed E-state index contributed by atoms with van der Waals surface area (Å²) in [5.74, 6) is 0.334. The Morgan fingerprint density at radius 1 is 1.12 bits per heavy atom. The number of ether oxygens (including phenoxy) is 1. The molecule has 1 N–H and O–H groups in total. The predicted molar refractivity (Wildman–Crippen MR) is 122 cm³/mol. The summed E-state index contributed by atoms with van der Waals surface area (Å²) in [5.41, 5.74) is 2.83. The molecule has 0 radical (unpaired) electrons. The van der Waals surface area contributed by atoms with Gasteiger partial charge in [0, 0.05) is 35.8 Å².